The van der Waals surface area contributed by atoms with Crippen LogP contribution < -0.4 is 10.3 Å². The number of carboxylic acid groups (broad SMARTS) is 1. The molecule has 0 spiro atoms. The molecule has 0 aliphatic heterocycles. The first kappa shape index (κ1) is 21.9. The average Bonchev–Trinajstić information content (AvgIpc) is 3.20. The number of halogens is 2. The lowest BCUT2D eigenvalue weighted by atomic mass is 10.1. The fourth-order valence-electron chi connectivity index (χ4n) is 3.54. The number of aromatic carboxylic acids is 1. The molecule has 10 heteroatoms. The van der Waals surface area contributed by atoms with Crippen molar-refractivity contribution in [2.24, 2.45) is 0 Å². The summed E-state index contributed by atoms with van der Waals surface area (Å²) in [6.07, 6.45) is 0.821. The first-order chi connectivity index (χ1) is 15.3. The van der Waals surface area contributed by atoms with Crippen molar-refractivity contribution in [3.8, 4) is 11.4 Å². The van der Waals surface area contributed by atoms with Gasteiger partial charge in [-0.3, -0.25) is 14.5 Å². The summed E-state index contributed by atoms with van der Waals surface area (Å²) in [7, 11) is 1.58. The van der Waals surface area contributed by atoms with Gasteiger partial charge in [-0.2, -0.15) is 10.1 Å². The summed E-state index contributed by atoms with van der Waals surface area (Å²) in [6.45, 7) is 1.89. The highest BCUT2D eigenvalue weighted by atomic mass is 35.5. The maximum Gasteiger partial charge on any atom is 0.335 e. The number of carboxylic acids is 1. The Kier molecular flexibility index (Phi) is 5.90. The van der Waals surface area contributed by atoms with Gasteiger partial charge in [0.2, 0.25) is 0 Å². The number of carbonyl (C=O) groups is 1. The molecule has 2 aromatic heterocycles. The number of hydrogen-bond donors (Lipinski definition) is 2. The van der Waals surface area contributed by atoms with Gasteiger partial charge in [0.25, 0.3) is 5.56 Å². The number of aromatic nitrogens is 4. The quantitative estimate of drug-likeness (QED) is 0.433. The van der Waals surface area contributed by atoms with E-state index in [-0.39, 0.29) is 22.0 Å². The van der Waals surface area contributed by atoms with Crippen LogP contribution in [0, 0.1) is 0 Å². The standard InChI is InChI=1S/C22H18Cl2N4O4/c1-3-16-18-20(27-26-16)28(19-14(23)9-12(22(30)31)10-15(19)24)17(25-21(18)29)8-11-4-6-13(32-2)7-5-11/h4-7,9-10H,3,8H2,1-2H3,(H,26,27)(H,30,31). The van der Waals surface area contributed by atoms with Crippen molar-refractivity contribution >= 4 is 40.2 Å². The van der Waals surface area contributed by atoms with E-state index in [4.69, 9.17) is 27.9 Å². The number of rotatable bonds is 6. The second-order valence-electron chi connectivity index (χ2n) is 7.04. The maximum atomic E-state index is 12.9. The number of hydrogen-bond acceptors (Lipinski definition) is 5. The van der Waals surface area contributed by atoms with E-state index in [1.54, 1.807) is 11.7 Å². The lowest BCUT2D eigenvalue weighted by molar-refractivity contribution is 0.0697. The zero-order valence-electron chi connectivity index (χ0n) is 17.1. The van der Waals surface area contributed by atoms with Crippen LogP contribution in [0.2, 0.25) is 10.0 Å². The Hall–Kier alpha value is -3.36. The van der Waals surface area contributed by atoms with E-state index >= 15 is 0 Å². The van der Waals surface area contributed by atoms with Crippen molar-refractivity contribution in [1.82, 2.24) is 19.7 Å². The molecule has 2 aromatic carbocycles. The van der Waals surface area contributed by atoms with Crippen LogP contribution in [0.1, 0.15) is 34.4 Å². The van der Waals surface area contributed by atoms with E-state index < -0.39 is 11.5 Å². The van der Waals surface area contributed by atoms with Gasteiger partial charge in [0.15, 0.2) is 5.65 Å². The van der Waals surface area contributed by atoms with Gasteiger partial charge >= 0.3 is 5.97 Å². The van der Waals surface area contributed by atoms with Crippen LogP contribution in [-0.2, 0) is 12.8 Å². The summed E-state index contributed by atoms with van der Waals surface area (Å²) < 4.78 is 6.80. The van der Waals surface area contributed by atoms with Crippen LogP contribution in [0.5, 0.6) is 5.75 Å². The van der Waals surface area contributed by atoms with Crippen LogP contribution in [0.25, 0.3) is 16.7 Å². The molecule has 164 valence electrons. The Labute approximate surface area is 192 Å². The molecule has 0 aliphatic rings. The number of fused-ring (bicyclic) bond motifs is 1. The van der Waals surface area contributed by atoms with Crippen LogP contribution >= 0.6 is 23.2 Å². The van der Waals surface area contributed by atoms with Crippen LogP contribution in [0.4, 0.5) is 0 Å². The van der Waals surface area contributed by atoms with E-state index in [2.05, 4.69) is 15.2 Å². The third kappa shape index (κ3) is 3.83. The highest BCUT2D eigenvalue weighted by molar-refractivity contribution is 6.38. The molecule has 2 heterocycles. The number of ether oxygens (including phenoxy) is 1. The monoisotopic (exact) mass is 472 g/mol. The molecule has 0 amide bonds. The second-order valence-corrected chi connectivity index (χ2v) is 7.86. The average molecular weight is 473 g/mol. The Morgan fingerprint density at radius 3 is 2.41 bits per heavy atom. The molecule has 0 fully saturated rings. The van der Waals surface area contributed by atoms with Crippen LogP contribution in [0.3, 0.4) is 0 Å². The fourth-order valence-corrected chi connectivity index (χ4v) is 4.19. The molecule has 0 aliphatic carbocycles. The molecule has 8 nitrogen and oxygen atoms in total. The maximum absolute atomic E-state index is 12.9. The molecule has 2 N–H and O–H groups in total. The highest BCUT2D eigenvalue weighted by Crippen LogP contribution is 2.33. The van der Waals surface area contributed by atoms with Gasteiger partial charge in [0.05, 0.1) is 34.1 Å². The van der Waals surface area contributed by atoms with E-state index in [0.29, 0.717) is 40.4 Å². The Morgan fingerprint density at radius 1 is 1.19 bits per heavy atom. The molecular formula is C22H18Cl2N4O4. The first-order valence-electron chi connectivity index (χ1n) is 9.68. The molecule has 0 saturated heterocycles. The predicted octanol–water partition coefficient (Wildman–Crippen LogP) is 4.28. The number of methoxy groups -OCH3 is 1. The van der Waals surface area contributed by atoms with Crippen molar-refractivity contribution in [3.63, 3.8) is 0 Å². The minimum absolute atomic E-state index is 0.0537. The molecule has 4 rings (SSSR count). The van der Waals surface area contributed by atoms with Crippen LogP contribution in [-0.4, -0.2) is 37.9 Å². The molecule has 0 bridgehead atoms. The largest absolute Gasteiger partial charge is 0.497 e. The van der Waals surface area contributed by atoms with Crippen molar-refractivity contribution in [2.75, 3.05) is 7.11 Å². The lowest BCUT2D eigenvalue weighted by Gasteiger charge is -2.17. The summed E-state index contributed by atoms with van der Waals surface area (Å²) >= 11 is 13.0. The number of aromatic amines is 1. The molecule has 0 atom stereocenters. The van der Waals surface area contributed by atoms with Crippen molar-refractivity contribution in [1.29, 1.82) is 0 Å². The molecular weight excluding hydrogens is 455 g/mol. The van der Waals surface area contributed by atoms with Gasteiger partial charge in [-0.1, -0.05) is 42.3 Å². The molecule has 32 heavy (non-hydrogen) atoms. The smallest absolute Gasteiger partial charge is 0.335 e. The van der Waals surface area contributed by atoms with E-state index in [0.717, 1.165) is 5.56 Å². The normalized spacial score (nSPS) is 11.1. The van der Waals surface area contributed by atoms with Crippen molar-refractivity contribution in [2.45, 2.75) is 19.8 Å². The van der Waals surface area contributed by atoms with Gasteiger partial charge in [-0.05, 0) is 36.2 Å². The lowest BCUT2D eigenvalue weighted by Crippen LogP contribution is -2.19. The number of H-pyrrole nitrogens is 1. The summed E-state index contributed by atoms with van der Waals surface area (Å²) in [5.41, 5.74) is 1.65. The van der Waals surface area contributed by atoms with Gasteiger partial charge in [0.1, 0.15) is 17.0 Å². The molecule has 0 radical (unpaired) electrons. The summed E-state index contributed by atoms with van der Waals surface area (Å²) in [5, 5.41) is 17.1. The third-order valence-corrected chi connectivity index (χ3v) is 5.68. The topological polar surface area (TPSA) is 110 Å². The van der Waals surface area contributed by atoms with E-state index in [9.17, 15) is 14.7 Å². The second kappa shape index (κ2) is 8.64. The van der Waals surface area contributed by atoms with Crippen LogP contribution in [0.15, 0.2) is 41.2 Å². The number of benzene rings is 2. The summed E-state index contributed by atoms with van der Waals surface area (Å²) in [4.78, 5) is 28.6. The van der Waals surface area contributed by atoms with E-state index in [1.165, 1.54) is 12.1 Å². The number of aryl methyl sites for hydroxylation is 1. The fraction of sp³-hybridized carbons (Fsp3) is 0.182. The van der Waals surface area contributed by atoms with Gasteiger partial charge in [0, 0.05) is 6.42 Å². The SMILES string of the molecule is CCc1[nH]nc2c1c(=O)nc(Cc1ccc(OC)cc1)n2-c1c(Cl)cc(C(=O)O)cc1Cl. The van der Waals surface area contributed by atoms with Gasteiger partial charge < -0.3 is 9.84 Å². The summed E-state index contributed by atoms with van der Waals surface area (Å²) in [6, 6.07) is 9.94. The molecule has 0 saturated carbocycles. The number of nitrogens with one attached hydrogen (secondary N) is 1. The minimum atomic E-state index is -1.16. The first-order valence-corrected chi connectivity index (χ1v) is 10.4. The predicted molar refractivity (Wildman–Crippen MR) is 122 cm³/mol. The third-order valence-electron chi connectivity index (χ3n) is 5.10. The van der Waals surface area contributed by atoms with Gasteiger partial charge in [-0.25, -0.2) is 4.79 Å². The van der Waals surface area contributed by atoms with Crippen molar-refractivity contribution < 1.29 is 14.6 Å². The molecule has 4 aromatic rings. The zero-order chi connectivity index (χ0) is 23.0. The van der Waals surface area contributed by atoms with Gasteiger partial charge in [-0.15, -0.1) is 0 Å². The Morgan fingerprint density at radius 2 is 1.84 bits per heavy atom. The molecule has 0 unspecified atom stereocenters. The zero-order valence-corrected chi connectivity index (χ0v) is 18.7. The number of nitrogens with zero attached hydrogens (tertiary/aromatic N) is 3. The minimum Gasteiger partial charge on any atom is -0.497 e. The Bertz CT molecular complexity index is 1370. The summed E-state index contributed by atoms with van der Waals surface area (Å²) in [5.74, 6) is -0.103. The highest BCUT2D eigenvalue weighted by Gasteiger charge is 2.22. The van der Waals surface area contributed by atoms with Crippen molar-refractivity contribution in [3.05, 3.63) is 79.4 Å². The Balaban J connectivity index is 2.00. The van der Waals surface area contributed by atoms with E-state index in [1.807, 2.05) is 31.2 Å².